The number of para-hydroxylation sites is 2. The number of carbonyl (C=O) groups is 1. The van der Waals surface area contributed by atoms with Crippen LogP contribution in [-0.2, 0) is 0 Å². The molecule has 3 heteroatoms. The highest BCUT2D eigenvalue weighted by Crippen LogP contribution is 2.35. The van der Waals surface area contributed by atoms with Crippen molar-refractivity contribution in [2.45, 2.75) is 13.8 Å². The minimum atomic E-state index is 0.0733. The van der Waals surface area contributed by atoms with Gasteiger partial charge >= 0.3 is 0 Å². The fourth-order valence-electron chi connectivity index (χ4n) is 5.03. The van der Waals surface area contributed by atoms with Gasteiger partial charge < -0.3 is 9.67 Å². The zero-order valence-electron chi connectivity index (χ0n) is 21.3. The van der Waals surface area contributed by atoms with Gasteiger partial charge in [-0.05, 0) is 72.5 Å². The number of ketones is 1. The monoisotopic (exact) mass is 483 g/mol. The lowest BCUT2D eigenvalue weighted by atomic mass is 9.92. The smallest absolute Gasteiger partial charge is 0.193 e. The van der Waals surface area contributed by atoms with Crippen molar-refractivity contribution >= 4 is 27.6 Å². The van der Waals surface area contributed by atoms with Crippen molar-refractivity contribution in [3.8, 4) is 16.8 Å². The van der Waals surface area contributed by atoms with Crippen molar-refractivity contribution in [3.05, 3.63) is 138 Å². The Morgan fingerprint density at radius 2 is 1.16 bits per heavy atom. The molecule has 0 atom stereocenters. The fourth-order valence-corrected chi connectivity index (χ4v) is 5.03. The Bertz CT molecular complexity index is 1730. The second kappa shape index (κ2) is 10.3. The minimum absolute atomic E-state index is 0.0733. The highest BCUT2D eigenvalue weighted by atomic mass is 16.2. The predicted octanol–water partition coefficient (Wildman–Crippen LogP) is 7.91. The van der Waals surface area contributed by atoms with Gasteiger partial charge in [0.25, 0.3) is 0 Å². The molecule has 1 aromatic heterocycles. The molecule has 6 rings (SSSR count). The van der Waals surface area contributed by atoms with Gasteiger partial charge in [0.1, 0.15) is 0 Å². The van der Waals surface area contributed by atoms with Crippen LogP contribution >= 0.6 is 0 Å². The van der Waals surface area contributed by atoms with E-state index >= 15 is 0 Å². The third kappa shape index (κ3) is 4.35. The molecule has 5 aromatic carbocycles. The molecule has 1 N–H and O–H groups in total. The Labute approximate surface area is 217 Å². The SMILES string of the molecule is CO.Cc1ccccc1C(=O)c1cc(-c2ccc3c(c2)c2ccccc2n3-c2ccccc2)ccc1C. The van der Waals surface area contributed by atoms with Crippen molar-refractivity contribution in [2.24, 2.45) is 0 Å². The summed E-state index contributed by atoms with van der Waals surface area (Å²) in [5, 5.41) is 9.42. The van der Waals surface area contributed by atoms with E-state index in [0.29, 0.717) is 0 Å². The maximum absolute atomic E-state index is 13.4. The Morgan fingerprint density at radius 1 is 0.568 bits per heavy atom. The van der Waals surface area contributed by atoms with Gasteiger partial charge in [-0.1, -0.05) is 78.9 Å². The van der Waals surface area contributed by atoms with Crippen LogP contribution in [0.15, 0.2) is 115 Å². The van der Waals surface area contributed by atoms with E-state index in [-0.39, 0.29) is 5.78 Å². The average molecular weight is 484 g/mol. The lowest BCUT2D eigenvalue weighted by molar-refractivity contribution is 0.103. The maximum atomic E-state index is 13.4. The predicted molar refractivity (Wildman–Crippen MR) is 154 cm³/mol. The van der Waals surface area contributed by atoms with Gasteiger partial charge in [-0.25, -0.2) is 0 Å². The molecule has 37 heavy (non-hydrogen) atoms. The first-order valence-electron chi connectivity index (χ1n) is 12.4. The van der Waals surface area contributed by atoms with Crippen LogP contribution in [0.5, 0.6) is 0 Å². The van der Waals surface area contributed by atoms with E-state index < -0.39 is 0 Å². The largest absolute Gasteiger partial charge is 0.400 e. The number of aromatic nitrogens is 1. The summed E-state index contributed by atoms with van der Waals surface area (Å²) in [4.78, 5) is 13.4. The number of aliphatic hydroxyl groups is 1. The van der Waals surface area contributed by atoms with Crippen molar-refractivity contribution in [2.75, 3.05) is 7.11 Å². The van der Waals surface area contributed by atoms with Crippen LogP contribution in [0, 0.1) is 13.8 Å². The molecule has 0 bridgehead atoms. The van der Waals surface area contributed by atoms with E-state index in [1.165, 1.54) is 21.8 Å². The number of rotatable bonds is 4. The lowest BCUT2D eigenvalue weighted by Crippen LogP contribution is -2.06. The van der Waals surface area contributed by atoms with E-state index in [0.717, 1.165) is 46.2 Å². The topological polar surface area (TPSA) is 42.2 Å². The molecule has 0 unspecified atom stereocenters. The molecule has 0 spiro atoms. The molecular weight excluding hydrogens is 454 g/mol. The zero-order valence-corrected chi connectivity index (χ0v) is 21.3. The summed E-state index contributed by atoms with van der Waals surface area (Å²) >= 11 is 0. The van der Waals surface area contributed by atoms with Gasteiger partial charge in [-0.3, -0.25) is 4.79 Å². The first-order chi connectivity index (χ1) is 18.1. The Morgan fingerprint density at radius 3 is 1.95 bits per heavy atom. The van der Waals surface area contributed by atoms with E-state index in [4.69, 9.17) is 5.11 Å². The molecular formula is C34H29NO2. The number of aryl methyl sites for hydroxylation is 2. The van der Waals surface area contributed by atoms with Crippen LogP contribution in [0.4, 0.5) is 0 Å². The highest BCUT2D eigenvalue weighted by molar-refractivity contribution is 6.12. The molecule has 0 saturated heterocycles. The first-order valence-corrected chi connectivity index (χ1v) is 12.4. The standard InChI is InChI=1S/C33H25NO.CH4O/c1-22-10-6-7-13-27(22)33(35)29-20-24(17-16-23(29)2)25-18-19-32-30(21-25)28-14-8-9-15-31(28)34(32)26-11-4-3-5-12-26;1-2/h3-21H,1-2H3;2H,1H3. The molecule has 3 nitrogen and oxygen atoms in total. The molecule has 0 aliphatic rings. The van der Waals surface area contributed by atoms with Crippen molar-refractivity contribution in [1.82, 2.24) is 4.57 Å². The van der Waals surface area contributed by atoms with E-state index in [1.54, 1.807) is 0 Å². The fraction of sp³-hybridized carbons (Fsp3) is 0.0882. The average Bonchev–Trinajstić information content (AvgIpc) is 3.28. The van der Waals surface area contributed by atoms with Gasteiger partial charge in [-0.15, -0.1) is 0 Å². The second-order valence-electron chi connectivity index (χ2n) is 9.09. The number of fused-ring (bicyclic) bond motifs is 3. The number of benzene rings is 5. The summed E-state index contributed by atoms with van der Waals surface area (Å²) in [6, 6.07) is 39.6. The Balaban J connectivity index is 0.00000137. The van der Waals surface area contributed by atoms with Crippen LogP contribution in [-0.4, -0.2) is 22.6 Å². The van der Waals surface area contributed by atoms with Crippen molar-refractivity contribution in [1.29, 1.82) is 0 Å². The molecule has 0 saturated carbocycles. The summed E-state index contributed by atoms with van der Waals surface area (Å²) in [7, 11) is 1.00. The number of nitrogens with zero attached hydrogens (tertiary/aromatic N) is 1. The van der Waals surface area contributed by atoms with Gasteiger partial charge in [0.05, 0.1) is 11.0 Å². The van der Waals surface area contributed by atoms with Crippen LogP contribution in [0.2, 0.25) is 0 Å². The molecule has 1 heterocycles. The lowest BCUT2D eigenvalue weighted by Gasteiger charge is -2.11. The summed E-state index contributed by atoms with van der Waals surface area (Å²) in [5.74, 6) is 0.0733. The third-order valence-electron chi connectivity index (χ3n) is 6.89. The summed E-state index contributed by atoms with van der Waals surface area (Å²) in [5.41, 5.74) is 9.15. The normalized spacial score (nSPS) is 10.8. The Hall–Kier alpha value is -4.47. The molecule has 0 aliphatic heterocycles. The van der Waals surface area contributed by atoms with Crippen molar-refractivity contribution in [3.63, 3.8) is 0 Å². The maximum Gasteiger partial charge on any atom is 0.193 e. The van der Waals surface area contributed by atoms with Crippen LogP contribution in [0.25, 0.3) is 38.6 Å². The second-order valence-corrected chi connectivity index (χ2v) is 9.09. The van der Waals surface area contributed by atoms with Gasteiger partial charge in [0, 0.05) is 34.7 Å². The van der Waals surface area contributed by atoms with E-state index in [9.17, 15) is 4.79 Å². The first kappa shape index (κ1) is 24.2. The molecule has 0 amide bonds. The van der Waals surface area contributed by atoms with Crippen LogP contribution in [0.3, 0.4) is 0 Å². The molecule has 0 radical (unpaired) electrons. The van der Waals surface area contributed by atoms with Crippen LogP contribution < -0.4 is 0 Å². The molecule has 6 aromatic rings. The molecule has 0 aliphatic carbocycles. The molecule has 0 fully saturated rings. The zero-order chi connectivity index (χ0) is 25.9. The number of hydrogen-bond acceptors (Lipinski definition) is 2. The van der Waals surface area contributed by atoms with E-state index in [2.05, 4.69) is 83.4 Å². The quantitative estimate of drug-likeness (QED) is 0.259. The number of aliphatic hydroxyl groups excluding tert-OH is 1. The van der Waals surface area contributed by atoms with Crippen LogP contribution in [0.1, 0.15) is 27.0 Å². The summed E-state index contributed by atoms with van der Waals surface area (Å²) in [6.07, 6.45) is 0. The highest BCUT2D eigenvalue weighted by Gasteiger charge is 2.16. The Kier molecular flexibility index (Phi) is 6.72. The van der Waals surface area contributed by atoms with Gasteiger partial charge in [0.2, 0.25) is 0 Å². The number of carbonyl (C=O) groups excluding carboxylic acids is 1. The molecule has 182 valence electrons. The minimum Gasteiger partial charge on any atom is -0.400 e. The third-order valence-corrected chi connectivity index (χ3v) is 6.89. The van der Waals surface area contributed by atoms with Gasteiger partial charge in [0.15, 0.2) is 5.78 Å². The van der Waals surface area contributed by atoms with Gasteiger partial charge in [-0.2, -0.15) is 0 Å². The summed E-state index contributed by atoms with van der Waals surface area (Å²) in [6.45, 7) is 3.99. The van der Waals surface area contributed by atoms with Crippen molar-refractivity contribution < 1.29 is 9.90 Å². The number of hydrogen-bond donors (Lipinski definition) is 1. The van der Waals surface area contributed by atoms with E-state index in [1.807, 2.05) is 50.2 Å². The summed E-state index contributed by atoms with van der Waals surface area (Å²) < 4.78 is 2.32.